The summed E-state index contributed by atoms with van der Waals surface area (Å²) in [7, 11) is 0. The van der Waals surface area contributed by atoms with Gasteiger partial charge in [0.1, 0.15) is 0 Å². The Hall–Kier alpha value is -2.71. The molecule has 1 N–H and O–H groups in total. The summed E-state index contributed by atoms with van der Waals surface area (Å²) in [6, 6.07) is 14.0. The van der Waals surface area contributed by atoms with Crippen LogP contribution in [0.5, 0.6) is 0 Å². The van der Waals surface area contributed by atoms with Crippen molar-refractivity contribution in [3.05, 3.63) is 65.5 Å². The molecule has 5 nitrogen and oxygen atoms in total. The zero-order valence-corrected chi connectivity index (χ0v) is 14.7. The number of pyridine rings is 1. The lowest BCUT2D eigenvalue weighted by Crippen LogP contribution is -2.53. The largest absolute Gasteiger partial charge is 0.350 e. The Balaban J connectivity index is 1.46. The minimum Gasteiger partial charge on any atom is -0.350 e. The molecule has 0 saturated carbocycles. The minimum atomic E-state index is -0.148. The number of hydrogen-bond acceptors (Lipinski definition) is 4. The van der Waals surface area contributed by atoms with Gasteiger partial charge < -0.3 is 5.32 Å². The molecule has 2 fully saturated rings. The molecular weight excluding hydrogens is 324 g/mol. The fourth-order valence-corrected chi connectivity index (χ4v) is 4.40. The number of rotatable bonds is 3. The summed E-state index contributed by atoms with van der Waals surface area (Å²) in [6.07, 6.45) is 6.10. The number of piperidine rings is 1. The van der Waals surface area contributed by atoms with Crippen LogP contribution in [0.15, 0.2) is 48.8 Å². The number of hydrogen-bond donors (Lipinski definition) is 1. The standard InChI is InChI=1S/C21H22N4O/c22-13-16-3-1-4-17(11-16)15-25-9-6-21(7-10-25)19(12-20(26)24-21)18-5-2-8-23-14-18/h1-5,8,11,14,19H,6-7,9-10,12,15H2,(H,24,26)/t19-/m1/s1. The average molecular weight is 346 g/mol. The second kappa shape index (κ2) is 6.89. The normalized spacial score (nSPS) is 22.1. The second-order valence-corrected chi connectivity index (χ2v) is 7.34. The van der Waals surface area contributed by atoms with Gasteiger partial charge in [0.2, 0.25) is 5.91 Å². The van der Waals surface area contributed by atoms with Crippen molar-refractivity contribution < 1.29 is 4.79 Å². The first kappa shape index (κ1) is 16.7. The van der Waals surface area contributed by atoms with Crippen LogP contribution in [0.3, 0.4) is 0 Å². The van der Waals surface area contributed by atoms with Crippen molar-refractivity contribution in [3.8, 4) is 6.07 Å². The van der Waals surface area contributed by atoms with Gasteiger partial charge >= 0.3 is 0 Å². The molecule has 1 aromatic heterocycles. The summed E-state index contributed by atoms with van der Waals surface area (Å²) in [5.74, 6) is 0.349. The van der Waals surface area contributed by atoms with Gasteiger partial charge in [0.25, 0.3) is 0 Å². The Morgan fingerprint density at radius 3 is 2.85 bits per heavy atom. The van der Waals surface area contributed by atoms with Crippen LogP contribution in [-0.4, -0.2) is 34.4 Å². The Morgan fingerprint density at radius 2 is 2.12 bits per heavy atom. The van der Waals surface area contributed by atoms with Gasteiger partial charge in [-0.25, -0.2) is 0 Å². The highest BCUT2D eigenvalue weighted by Crippen LogP contribution is 2.43. The number of nitriles is 1. The lowest BCUT2D eigenvalue weighted by Gasteiger charge is -2.43. The fourth-order valence-electron chi connectivity index (χ4n) is 4.40. The number of likely N-dealkylation sites (tertiary alicyclic amines) is 1. The smallest absolute Gasteiger partial charge is 0.221 e. The van der Waals surface area contributed by atoms with Gasteiger partial charge in [-0.1, -0.05) is 18.2 Å². The monoisotopic (exact) mass is 346 g/mol. The molecule has 26 heavy (non-hydrogen) atoms. The Labute approximate surface area is 153 Å². The predicted octanol–water partition coefficient (Wildman–Crippen LogP) is 2.59. The number of carbonyl (C=O) groups excluding carboxylic acids is 1. The number of nitrogens with zero attached hydrogens (tertiary/aromatic N) is 3. The number of carbonyl (C=O) groups is 1. The maximum Gasteiger partial charge on any atom is 0.221 e. The van der Waals surface area contributed by atoms with Crippen molar-refractivity contribution in [1.82, 2.24) is 15.2 Å². The summed E-state index contributed by atoms with van der Waals surface area (Å²) in [4.78, 5) is 18.8. The van der Waals surface area contributed by atoms with Gasteiger partial charge in [-0.05, 0) is 42.2 Å². The van der Waals surface area contributed by atoms with Crippen LogP contribution in [0.25, 0.3) is 0 Å². The molecule has 0 aliphatic carbocycles. The molecule has 5 heteroatoms. The molecule has 1 aromatic carbocycles. The van der Waals surface area contributed by atoms with E-state index in [0.29, 0.717) is 12.0 Å². The van der Waals surface area contributed by atoms with Crippen LogP contribution in [0.2, 0.25) is 0 Å². The van der Waals surface area contributed by atoms with Crippen molar-refractivity contribution in [1.29, 1.82) is 5.26 Å². The van der Waals surface area contributed by atoms with E-state index in [1.807, 2.05) is 30.5 Å². The van der Waals surface area contributed by atoms with Gasteiger partial charge in [-0.3, -0.25) is 14.7 Å². The fraction of sp³-hybridized carbons (Fsp3) is 0.381. The van der Waals surface area contributed by atoms with E-state index < -0.39 is 0 Å². The summed E-state index contributed by atoms with van der Waals surface area (Å²) in [5, 5.41) is 12.3. The van der Waals surface area contributed by atoms with Gasteiger partial charge in [-0.2, -0.15) is 5.26 Å². The lowest BCUT2D eigenvalue weighted by atomic mass is 9.74. The van der Waals surface area contributed by atoms with Crippen LogP contribution < -0.4 is 5.32 Å². The zero-order chi connectivity index (χ0) is 18.0. The molecule has 132 valence electrons. The van der Waals surface area contributed by atoms with E-state index in [0.717, 1.165) is 38.0 Å². The third kappa shape index (κ3) is 3.21. The van der Waals surface area contributed by atoms with Crippen molar-refractivity contribution in [2.24, 2.45) is 0 Å². The van der Waals surface area contributed by atoms with Gasteiger partial charge in [0.05, 0.1) is 11.6 Å². The molecule has 0 unspecified atom stereocenters. The number of aromatic nitrogens is 1. The topological polar surface area (TPSA) is 69.0 Å². The van der Waals surface area contributed by atoms with Crippen LogP contribution in [0.4, 0.5) is 0 Å². The number of nitrogens with one attached hydrogen (secondary N) is 1. The highest BCUT2D eigenvalue weighted by molar-refractivity contribution is 5.81. The Morgan fingerprint density at radius 1 is 1.27 bits per heavy atom. The van der Waals surface area contributed by atoms with E-state index in [4.69, 9.17) is 5.26 Å². The summed E-state index contributed by atoms with van der Waals surface area (Å²) in [5.41, 5.74) is 2.88. The highest BCUT2D eigenvalue weighted by atomic mass is 16.2. The minimum absolute atomic E-state index is 0.147. The molecule has 3 heterocycles. The van der Waals surface area contributed by atoms with E-state index in [1.165, 1.54) is 5.56 Å². The first-order chi connectivity index (χ1) is 12.7. The van der Waals surface area contributed by atoms with Crippen molar-refractivity contribution in [2.75, 3.05) is 13.1 Å². The molecule has 1 amide bonds. The van der Waals surface area contributed by atoms with E-state index >= 15 is 0 Å². The van der Waals surface area contributed by atoms with E-state index in [-0.39, 0.29) is 17.4 Å². The summed E-state index contributed by atoms with van der Waals surface area (Å²) < 4.78 is 0. The van der Waals surface area contributed by atoms with Crippen LogP contribution in [0, 0.1) is 11.3 Å². The van der Waals surface area contributed by atoms with Crippen molar-refractivity contribution in [2.45, 2.75) is 37.3 Å². The van der Waals surface area contributed by atoms with Crippen LogP contribution >= 0.6 is 0 Å². The second-order valence-electron chi connectivity index (χ2n) is 7.34. The number of amides is 1. The molecule has 4 rings (SSSR count). The van der Waals surface area contributed by atoms with Crippen LogP contribution in [0.1, 0.15) is 41.9 Å². The molecule has 2 aliphatic rings. The first-order valence-corrected chi connectivity index (χ1v) is 9.11. The maximum absolute atomic E-state index is 12.2. The van der Waals surface area contributed by atoms with E-state index in [9.17, 15) is 4.79 Å². The summed E-state index contributed by atoms with van der Waals surface area (Å²) in [6.45, 7) is 2.72. The highest BCUT2D eigenvalue weighted by Gasteiger charge is 2.48. The molecular formula is C21H22N4O. The predicted molar refractivity (Wildman–Crippen MR) is 98.1 cm³/mol. The number of benzene rings is 1. The summed E-state index contributed by atoms with van der Waals surface area (Å²) >= 11 is 0. The van der Waals surface area contributed by atoms with Crippen molar-refractivity contribution >= 4 is 5.91 Å². The third-order valence-electron chi connectivity index (χ3n) is 5.74. The third-order valence-corrected chi connectivity index (χ3v) is 5.74. The molecule has 2 saturated heterocycles. The van der Waals surface area contributed by atoms with E-state index in [2.05, 4.69) is 33.4 Å². The van der Waals surface area contributed by atoms with Gasteiger partial charge in [0.15, 0.2) is 0 Å². The Kier molecular flexibility index (Phi) is 4.44. The van der Waals surface area contributed by atoms with Crippen molar-refractivity contribution in [3.63, 3.8) is 0 Å². The van der Waals surface area contributed by atoms with Gasteiger partial charge in [-0.15, -0.1) is 0 Å². The SMILES string of the molecule is N#Cc1cccc(CN2CCC3(CC2)NC(=O)C[C@@H]3c2cccnc2)c1. The van der Waals surface area contributed by atoms with Gasteiger partial charge in [0, 0.05) is 49.9 Å². The Bertz CT molecular complexity index is 835. The molecule has 1 spiro atoms. The quantitative estimate of drug-likeness (QED) is 0.927. The van der Waals surface area contributed by atoms with Crippen LogP contribution in [-0.2, 0) is 11.3 Å². The molecule has 0 bridgehead atoms. The average Bonchev–Trinajstić information content (AvgIpc) is 3.00. The molecule has 1 atom stereocenters. The molecule has 0 radical (unpaired) electrons. The first-order valence-electron chi connectivity index (χ1n) is 9.11. The lowest BCUT2D eigenvalue weighted by molar-refractivity contribution is -0.120. The van der Waals surface area contributed by atoms with E-state index in [1.54, 1.807) is 6.20 Å². The zero-order valence-electron chi connectivity index (χ0n) is 14.7. The maximum atomic E-state index is 12.2. The molecule has 2 aromatic rings. The molecule has 2 aliphatic heterocycles.